The number of halogens is 1. The number of ether oxygens (including phenoxy) is 1. The quantitative estimate of drug-likeness (QED) is 0.442. The van der Waals surface area contributed by atoms with E-state index in [9.17, 15) is 29.3 Å². The number of hydrogen-bond donors (Lipinski definition) is 3. The van der Waals surface area contributed by atoms with E-state index in [0.29, 0.717) is 11.1 Å². The van der Waals surface area contributed by atoms with Gasteiger partial charge < -0.3 is 20.1 Å². The number of cyclic esters (lactones) is 1. The molecule has 0 bridgehead atoms. The van der Waals surface area contributed by atoms with Crippen LogP contribution in [0.3, 0.4) is 0 Å². The van der Waals surface area contributed by atoms with Crippen molar-refractivity contribution in [3.63, 3.8) is 0 Å². The Kier molecular flexibility index (Phi) is 7.43. The SMILES string of the molecule is O=C1OC[C@H](c2ccccc2)N1C(=O)[C@H](CC[C@@H](O)c1ccc(F)cc1)[C@H](O)c1ccc(O)cc1. The molecule has 0 spiro atoms. The number of nitrogens with zero attached hydrogens (tertiary/aromatic N) is 1. The fraction of sp³-hybridized carbons (Fsp3) is 0.259. The van der Waals surface area contributed by atoms with Crippen molar-refractivity contribution in [2.45, 2.75) is 31.1 Å². The number of imide groups is 1. The van der Waals surface area contributed by atoms with Crippen LogP contribution in [0.5, 0.6) is 5.75 Å². The number of aliphatic hydroxyl groups is 2. The molecule has 1 fully saturated rings. The van der Waals surface area contributed by atoms with E-state index in [4.69, 9.17) is 4.74 Å². The summed E-state index contributed by atoms with van der Waals surface area (Å²) in [7, 11) is 0. The molecule has 3 aromatic rings. The van der Waals surface area contributed by atoms with Crippen LogP contribution in [0.1, 0.15) is 47.8 Å². The van der Waals surface area contributed by atoms with Crippen molar-refractivity contribution in [3.8, 4) is 5.75 Å². The van der Waals surface area contributed by atoms with Gasteiger partial charge in [-0.05, 0) is 53.8 Å². The fourth-order valence-corrected chi connectivity index (χ4v) is 4.27. The number of carbonyl (C=O) groups excluding carboxylic acids is 2. The topological polar surface area (TPSA) is 107 Å². The van der Waals surface area contributed by atoms with Gasteiger partial charge in [-0.3, -0.25) is 4.79 Å². The standard InChI is InChI=1S/C27H26FNO6/c28-20-10-6-18(7-11-20)24(31)15-14-22(25(32)19-8-12-21(30)13-9-19)26(33)29-23(16-35-27(29)34)17-4-2-1-3-5-17/h1-13,22-25,30-32H,14-16H2/t22-,23-,24-,25-/m1/s1. The second kappa shape index (κ2) is 10.7. The Morgan fingerprint density at radius 2 is 1.57 bits per heavy atom. The molecule has 7 nitrogen and oxygen atoms in total. The third-order valence-corrected chi connectivity index (χ3v) is 6.23. The minimum Gasteiger partial charge on any atom is -0.508 e. The van der Waals surface area contributed by atoms with Gasteiger partial charge in [0.15, 0.2) is 0 Å². The molecule has 1 heterocycles. The van der Waals surface area contributed by atoms with Gasteiger partial charge in [-0.15, -0.1) is 0 Å². The van der Waals surface area contributed by atoms with Crippen molar-refractivity contribution in [2.24, 2.45) is 5.92 Å². The summed E-state index contributed by atoms with van der Waals surface area (Å²) in [6.45, 7) is -0.00514. The highest BCUT2D eigenvalue weighted by Crippen LogP contribution is 2.36. The molecule has 0 unspecified atom stereocenters. The number of phenolic OH excluding ortho intramolecular Hbond substituents is 1. The third kappa shape index (κ3) is 5.50. The summed E-state index contributed by atoms with van der Waals surface area (Å²) in [4.78, 5) is 27.3. The zero-order valence-corrected chi connectivity index (χ0v) is 18.8. The number of aromatic hydroxyl groups is 1. The Hall–Kier alpha value is -3.75. The fourth-order valence-electron chi connectivity index (χ4n) is 4.27. The molecule has 1 aliphatic heterocycles. The molecule has 1 aliphatic rings. The van der Waals surface area contributed by atoms with Crippen molar-refractivity contribution >= 4 is 12.0 Å². The van der Waals surface area contributed by atoms with E-state index >= 15 is 0 Å². The number of benzene rings is 3. The van der Waals surface area contributed by atoms with Crippen LogP contribution in [0, 0.1) is 11.7 Å². The summed E-state index contributed by atoms with van der Waals surface area (Å²) in [6.07, 6.45) is -3.01. The number of amides is 2. The smallest absolute Gasteiger partial charge is 0.417 e. The van der Waals surface area contributed by atoms with E-state index < -0.39 is 42.0 Å². The number of phenols is 1. The molecule has 4 rings (SSSR count). The van der Waals surface area contributed by atoms with E-state index in [1.165, 1.54) is 48.5 Å². The first kappa shape index (κ1) is 24.4. The van der Waals surface area contributed by atoms with Crippen LogP contribution in [0.15, 0.2) is 78.9 Å². The molecule has 3 aromatic carbocycles. The minimum absolute atomic E-state index is 0.00261. The van der Waals surface area contributed by atoms with E-state index in [-0.39, 0.29) is 25.2 Å². The first-order chi connectivity index (χ1) is 16.8. The zero-order chi connectivity index (χ0) is 24.9. The second-order valence-electron chi connectivity index (χ2n) is 8.50. The van der Waals surface area contributed by atoms with Crippen LogP contribution >= 0.6 is 0 Å². The average molecular weight is 480 g/mol. The summed E-state index contributed by atoms with van der Waals surface area (Å²) in [5, 5.41) is 31.4. The molecule has 3 N–H and O–H groups in total. The highest BCUT2D eigenvalue weighted by Gasteiger charge is 2.43. The predicted molar refractivity (Wildman–Crippen MR) is 125 cm³/mol. The normalized spacial score (nSPS) is 18.1. The van der Waals surface area contributed by atoms with Crippen molar-refractivity contribution in [2.75, 3.05) is 6.61 Å². The minimum atomic E-state index is -1.31. The molecule has 182 valence electrons. The molecule has 1 saturated heterocycles. The largest absolute Gasteiger partial charge is 0.508 e. The first-order valence-electron chi connectivity index (χ1n) is 11.3. The molecule has 0 aromatic heterocycles. The van der Waals surface area contributed by atoms with Gasteiger partial charge in [-0.1, -0.05) is 54.6 Å². The Balaban J connectivity index is 1.60. The molecule has 0 saturated carbocycles. The number of carbonyl (C=O) groups is 2. The van der Waals surface area contributed by atoms with Gasteiger partial charge in [-0.2, -0.15) is 0 Å². The van der Waals surface area contributed by atoms with E-state index in [1.54, 1.807) is 24.3 Å². The highest BCUT2D eigenvalue weighted by molar-refractivity contribution is 5.95. The molecule has 8 heteroatoms. The van der Waals surface area contributed by atoms with Gasteiger partial charge in [0.05, 0.1) is 18.1 Å². The summed E-state index contributed by atoms with van der Waals surface area (Å²) in [5.74, 6) is -2.15. The monoisotopic (exact) mass is 479 g/mol. The maximum Gasteiger partial charge on any atom is 0.417 e. The highest BCUT2D eigenvalue weighted by atomic mass is 19.1. The second-order valence-corrected chi connectivity index (χ2v) is 8.50. The summed E-state index contributed by atoms with van der Waals surface area (Å²) >= 11 is 0. The van der Waals surface area contributed by atoms with Crippen molar-refractivity contribution in [1.29, 1.82) is 0 Å². The average Bonchev–Trinajstić information content (AvgIpc) is 3.26. The van der Waals surface area contributed by atoms with Crippen molar-refractivity contribution in [1.82, 2.24) is 4.90 Å². The maximum absolute atomic E-state index is 13.7. The lowest BCUT2D eigenvalue weighted by atomic mass is 9.88. The molecule has 2 amide bonds. The third-order valence-electron chi connectivity index (χ3n) is 6.23. The Morgan fingerprint density at radius 1 is 0.943 bits per heavy atom. The molecule has 0 aliphatic carbocycles. The van der Waals surface area contributed by atoms with Crippen LogP contribution in [0.2, 0.25) is 0 Å². The van der Waals surface area contributed by atoms with Crippen LogP contribution < -0.4 is 0 Å². The molecular formula is C27H26FNO6. The van der Waals surface area contributed by atoms with Crippen LogP contribution in [-0.4, -0.2) is 38.8 Å². The van der Waals surface area contributed by atoms with Crippen LogP contribution in [-0.2, 0) is 9.53 Å². The van der Waals surface area contributed by atoms with Crippen LogP contribution in [0.4, 0.5) is 9.18 Å². The summed E-state index contributed by atoms with van der Waals surface area (Å²) in [6, 6.07) is 19.5. The van der Waals surface area contributed by atoms with Crippen molar-refractivity contribution < 1.29 is 34.0 Å². The van der Waals surface area contributed by atoms with Crippen LogP contribution in [0.25, 0.3) is 0 Å². The summed E-state index contributed by atoms with van der Waals surface area (Å²) in [5.41, 5.74) is 1.57. The molecule has 35 heavy (non-hydrogen) atoms. The van der Waals surface area contributed by atoms with Gasteiger partial charge >= 0.3 is 6.09 Å². The summed E-state index contributed by atoms with van der Waals surface area (Å²) < 4.78 is 18.4. The number of aliphatic hydroxyl groups excluding tert-OH is 2. The van der Waals surface area contributed by atoms with Gasteiger partial charge in [0, 0.05) is 0 Å². The first-order valence-corrected chi connectivity index (χ1v) is 11.3. The number of rotatable bonds is 8. The van der Waals surface area contributed by atoms with Gasteiger partial charge in [-0.25, -0.2) is 14.1 Å². The Labute approximate surface area is 202 Å². The maximum atomic E-state index is 13.7. The van der Waals surface area contributed by atoms with Gasteiger partial charge in [0.1, 0.15) is 24.2 Å². The lowest BCUT2D eigenvalue weighted by Crippen LogP contribution is -2.41. The van der Waals surface area contributed by atoms with E-state index in [0.717, 1.165) is 10.5 Å². The Bertz CT molecular complexity index is 1150. The van der Waals surface area contributed by atoms with E-state index in [1.807, 2.05) is 6.07 Å². The van der Waals surface area contributed by atoms with E-state index in [2.05, 4.69) is 0 Å². The zero-order valence-electron chi connectivity index (χ0n) is 18.8. The Morgan fingerprint density at radius 3 is 2.23 bits per heavy atom. The molecule has 0 radical (unpaired) electrons. The van der Waals surface area contributed by atoms with Crippen molar-refractivity contribution in [3.05, 3.63) is 101 Å². The lowest BCUT2D eigenvalue weighted by molar-refractivity contribution is -0.138. The number of hydrogen-bond acceptors (Lipinski definition) is 6. The molecule has 4 atom stereocenters. The molecular weight excluding hydrogens is 453 g/mol. The lowest BCUT2D eigenvalue weighted by Gasteiger charge is -2.29. The van der Waals surface area contributed by atoms with Gasteiger partial charge in [0.2, 0.25) is 5.91 Å². The predicted octanol–water partition coefficient (Wildman–Crippen LogP) is 4.41. The van der Waals surface area contributed by atoms with Gasteiger partial charge in [0.25, 0.3) is 0 Å².